The molecule has 2 heteroatoms. The van der Waals surface area contributed by atoms with Gasteiger partial charge in [-0.15, -0.1) is 0 Å². The SMILES string of the molecule is CC(C)c1ccc(C2(c3cc(Cl)c(C(C)C)c(C#N)c3)CCCC2)cc1. The van der Waals surface area contributed by atoms with Crippen molar-refractivity contribution in [1.82, 2.24) is 0 Å². The van der Waals surface area contributed by atoms with Crippen molar-refractivity contribution < 1.29 is 0 Å². The van der Waals surface area contributed by atoms with Crippen molar-refractivity contribution >= 4 is 11.6 Å². The van der Waals surface area contributed by atoms with Gasteiger partial charge in [-0.1, -0.05) is 76.4 Å². The van der Waals surface area contributed by atoms with Crippen LogP contribution in [0, 0.1) is 11.3 Å². The Morgan fingerprint density at radius 2 is 1.54 bits per heavy atom. The van der Waals surface area contributed by atoms with Gasteiger partial charge in [0.1, 0.15) is 0 Å². The summed E-state index contributed by atoms with van der Waals surface area (Å²) < 4.78 is 0. The number of hydrogen-bond donors (Lipinski definition) is 0. The molecule has 0 aromatic heterocycles. The van der Waals surface area contributed by atoms with Crippen LogP contribution < -0.4 is 0 Å². The molecule has 2 aromatic rings. The molecule has 26 heavy (non-hydrogen) atoms. The lowest BCUT2D eigenvalue weighted by Crippen LogP contribution is -2.24. The predicted molar refractivity (Wildman–Crippen MR) is 110 cm³/mol. The Hall–Kier alpha value is -1.78. The first-order chi connectivity index (χ1) is 12.4. The van der Waals surface area contributed by atoms with Gasteiger partial charge in [0.2, 0.25) is 0 Å². The summed E-state index contributed by atoms with van der Waals surface area (Å²) in [5.41, 5.74) is 5.62. The van der Waals surface area contributed by atoms with E-state index >= 15 is 0 Å². The van der Waals surface area contributed by atoms with Gasteiger partial charge in [-0.05, 0) is 59.1 Å². The van der Waals surface area contributed by atoms with Crippen LogP contribution in [0.25, 0.3) is 0 Å². The van der Waals surface area contributed by atoms with Crippen molar-refractivity contribution in [3.8, 4) is 6.07 Å². The lowest BCUT2D eigenvalue weighted by Gasteiger charge is -2.32. The topological polar surface area (TPSA) is 23.8 Å². The molecule has 0 aliphatic heterocycles. The van der Waals surface area contributed by atoms with Crippen molar-refractivity contribution in [1.29, 1.82) is 5.26 Å². The first-order valence-electron chi connectivity index (χ1n) is 9.73. The van der Waals surface area contributed by atoms with Gasteiger partial charge in [-0.25, -0.2) is 0 Å². The molecule has 0 heterocycles. The Balaban J connectivity index is 2.14. The predicted octanol–water partition coefficient (Wildman–Crippen LogP) is 7.32. The third-order valence-corrected chi connectivity index (χ3v) is 6.28. The van der Waals surface area contributed by atoms with Crippen LogP contribution in [0.5, 0.6) is 0 Å². The van der Waals surface area contributed by atoms with Crippen molar-refractivity contribution in [2.45, 2.75) is 70.6 Å². The Kier molecular flexibility index (Phi) is 5.44. The molecule has 1 aliphatic rings. The highest BCUT2D eigenvalue weighted by Gasteiger charge is 2.38. The van der Waals surface area contributed by atoms with Gasteiger partial charge in [0, 0.05) is 10.4 Å². The van der Waals surface area contributed by atoms with Crippen LogP contribution in [0.3, 0.4) is 0 Å². The minimum absolute atomic E-state index is 0.0136. The van der Waals surface area contributed by atoms with Crippen LogP contribution in [0.2, 0.25) is 5.02 Å². The smallest absolute Gasteiger partial charge is 0.0995 e. The first-order valence-corrected chi connectivity index (χ1v) is 10.1. The highest BCUT2D eigenvalue weighted by atomic mass is 35.5. The second-order valence-corrected chi connectivity index (χ2v) is 8.66. The lowest BCUT2D eigenvalue weighted by atomic mass is 9.72. The quantitative estimate of drug-likeness (QED) is 0.556. The molecule has 1 aliphatic carbocycles. The van der Waals surface area contributed by atoms with Gasteiger partial charge in [0.05, 0.1) is 11.6 Å². The fraction of sp³-hybridized carbons (Fsp3) is 0.458. The van der Waals surface area contributed by atoms with E-state index in [-0.39, 0.29) is 11.3 Å². The Bertz CT molecular complexity index is 819. The normalized spacial score (nSPS) is 16.2. The van der Waals surface area contributed by atoms with E-state index in [1.54, 1.807) is 0 Å². The molecule has 136 valence electrons. The standard InChI is InChI=1S/C24H28ClN/c1-16(2)18-7-9-20(10-8-18)24(11-5-6-12-24)21-13-19(15-26)23(17(3)4)22(25)14-21/h7-10,13-14,16-17H,5-6,11-12H2,1-4H3. The fourth-order valence-electron chi connectivity index (χ4n) is 4.48. The molecule has 1 saturated carbocycles. The van der Waals surface area contributed by atoms with Crippen LogP contribution in [-0.4, -0.2) is 0 Å². The minimum atomic E-state index is -0.0136. The van der Waals surface area contributed by atoms with E-state index in [1.807, 2.05) is 0 Å². The van der Waals surface area contributed by atoms with Crippen molar-refractivity contribution in [3.05, 3.63) is 69.2 Å². The monoisotopic (exact) mass is 365 g/mol. The maximum Gasteiger partial charge on any atom is 0.0995 e. The maximum absolute atomic E-state index is 9.70. The summed E-state index contributed by atoms with van der Waals surface area (Å²) in [4.78, 5) is 0. The van der Waals surface area contributed by atoms with Crippen LogP contribution >= 0.6 is 11.6 Å². The Morgan fingerprint density at radius 3 is 2.04 bits per heavy atom. The van der Waals surface area contributed by atoms with Crippen LogP contribution in [0.1, 0.15) is 93.0 Å². The number of rotatable bonds is 4. The van der Waals surface area contributed by atoms with Crippen molar-refractivity contribution in [2.24, 2.45) is 0 Å². The van der Waals surface area contributed by atoms with E-state index in [0.29, 0.717) is 5.92 Å². The van der Waals surface area contributed by atoms with Gasteiger partial charge in [0.25, 0.3) is 0 Å². The first kappa shape index (κ1) is 19.0. The molecule has 0 amide bonds. The van der Waals surface area contributed by atoms with E-state index in [0.717, 1.165) is 29.0 Å². The molecule has 0 atom stereocenters. The summed E-state index contributed by atoms with van der Waals surface area (Å²) in [6, 6.07) is 15.7. The van der Waals surface area contributed by atoms with Crippen LogP contribution in [0.4, 0.5) is 0 Å². The Morgan fingerprint density at radius 1 is 0.923 bits per heavy atom. The maximum atomic E-state index is 9.70. The van der Waals surface area contributed by atoms with Gasteiger partial charge in [0.15, 0.2) is 0 Å². The van der Waals surface area contributed by atoms with Crippen molar-refractivity contribution in [3.63, 3.8) is 0 Å². The van der Waals surface area contributed by atoms with E-state index < -0.39 is 0 Å². The number of nitrogens with zero attached hydrogens (tertiary/aromatic N) is 1. The van der Waals surface area contributed by atoms with Gasteiger partial charge in [-0.2, -0.15) is 5.26 Å². The molecule has 1 nitrogen and oxygen atoms in total. The van der Waals surface area contributed by atoms with Crippen LogP contribution in [0.15, 0.2) is 36.4 Å². The zero-order valence-corrected chi connectivity index (χ0v) is 17.0. The zero-order chi connectivity index (χ0) is 18.9. The molecule has 2 aromatic carbocycles. The summed E-state index contributed by atoms with van der Waals surface area (Å²) in [6.07, 6.45) is 4.68. The van der Waals surface area contributed by atoms with E-state index in [2.05, 4.69) is 70.2 Å². The summed E-state index contributed by atoms with van der Waals surface area (Å²) in [7, 11) is 0. The molecular formula is C24H28ClN. The van der Waals surface area contributed by atoms with Gasteiger partial charge < -0.3 is 0 Å². The molecule has 0 N–H and O–H groups in total. The van der Waals surface area contributed by atoms with E-state index in [9.17, 15) is 5.26 Å². The molecule has 0 spiro atoms. The fourth-order valence-corrected chi connectivity index (χ4v) is 4.92. The third-order valence-electron chi connectivity index (χ3n) is 5.97. The van der Waals surface area contributed by atoms with Gasteiger partial charge in [-0.3, -0.25) is 0 Å². The number of hydrogen-bond acceptors (Lipinski definition) is 1. The van der Waals surface area contributed by atoms with Crippen molar-refractivity contribution in [2.75, 3.05) is 0 Å². The molecule has 0 unspecified atom stereocenters. The lowest BCUT2D eigenvalue weighted by molar-refractivity contribution is 0.534. The number of nitriles is 1. The highest BCUT2D eigenvalue weighted by molar-refractivity contribution is 6.31. The number of benzene rings is 2. The summed E-state index contributed by atoms with van der Waals surface area (Å²) in [5.74, 6) is 0.782. The largest absolute Gasteiger partial charge is 0.192 e. The molecule has 0 bridgehead atoms. The molecule has 3 rings (SSSR count). The molecular weight excluding hydrogens is 338 g/mol. The second-order valence-electron chi connectivity index (χ2n) is 8.25. The third kappa shape index (κ3) is 3.28. The minimum Gasteiger partial charge on any atom is -0.192 e. The summed E-state index contributed by atoms with van der Waals surface area (Å²) in [5, 5.41) is 10.4. The highest BCUT2D eigenvalue weighted by Crippen LogP contribution is 2.48. The molecule has 0 radical (unpaired) electrons. The average molecular weight is 366 g/mol. The summed E-state index contributed by atoms with van der Waals surface area (Å²) in [6.45, 7) is 8.64. The van der Waals surface area contributed by atoms with Gasteiger partial charge >= 0.3 is 0 Å². The van der Waals surface area contributed by atoms with Crippen LogP contribution in [-0.2, 0) is 5.41 Å². The number of halogens is 1. The summed E-state index contributed by atoms with van der Waals surface area (Å²) >= 11 is 6.65. The zero-order valence-electron chi connectivity index (χ0n) is 16.3. The molecule has 1 fully saturated rings. The second kappa shape index (κ2) is 7.45. The Labute approximate surface area is 163 Å². The molecule has 0 saturated heterocycles. The average Bonchev–Trinajstić information content (AvgIpc) is 3.11. The van der Waals surface area contributed by atoms with E-state index in [1.165, 1.54) is 29.5 Å². The van der Waals surface area contributed by atoms with E-state index in [4.69, 9.17) is 11.6 Å².